The first-order valence-corrected chi connectivity index (χ1v) is 7.87. The highest BCUT2D eigenvalue weighted by molar-refractivity contribution is 7.10. The maximum Gasteiger partial charge on any atom is 0.255 e. The molecule has 0 unspecified atom stereocenters. The number of amides is 1. The third kappa shape index (κ3) is 3.46. The van der Waals surface area contributed by atoms with Gasteiger partial charge in [-0.1, -0.05) is 36.4 Å². The molecule has 0 bridgehead atoms. The van der Waals surface area contributed by atoms with Gasteiger partial charge in [0, 0.05) is 10.9 Å². The van der Waals surface area contributed by atoms with Crippen molar-refractivity contribution in [1.82, 2.24) is 5.32 Å². The number of benzene rings is 2. The van der Waals surface area contributed by atoms with Crippen LogP contribution in [-0.4, -0.2) is 5.91 Å². The molecule has 3 aromatic rings. The maximum atomic E-state index is 13.8. The van der Waals surface area contributed by atoms with Crippen LogP contribution in [0.4, 0.5) is 8.78 Å². The van der Waals surface area contributed by atoms with Crippen LogP contribution in [0.25, 0.3) is 0 Å². The van der Waals surface area contributed by atoms with E-state index < -0.39 is 17.5 Å². The number of rotatable bonds is 4. The van der Waals surface area contributed by atoms with Gasteiger partial charge in [-0.15, -0.1) is 11.3 Å². The molecule has 2 aromatic carbocycles. The molecule has 0 radical (unpaired) electrons. The minimum absolute atomic E-state index is 0.177. The molecule has 0 aliphatic rings. The lowest BCUT2D eigenvalue weighted by molar-refractivity contribution is 0.0939. The van der Waals surface area contributed by atoms with Crippen LogP contribution in [0.3, 0.4) is 0 Å². The summed E-state index contributed by atoms with van der Waals surface area (Å²) in [5, 5.41) is 4.73. The van der Waals surface area contributed by atoms with Crippen LogP contribution < -0.4 is 5.32 Å². The normalized spacial score (nSPS) is 11.9. The van der Waals surface area contributed by atoms with Gasteiger partial charge in [0.15, 0.2) is 0 Å². The lowest BCUT2D eigenvalue weighted by atomic mass is 10.0. The van der Waals surface area contributed by atoms with E-state index in [1.54, 1.807) is 0 Å². The summed E-state index contributed by atoms with van der Waals surface area (Å²) in [5.74, 6) is -2.16. The van der Waals surface area contributed by atoms with Crippen molar-refractivity contribution < 1.29 is 13.6 Å². The highest BCUT2D eigenvalue weighted by atomic mass is 32.1. The second-order valence-corrected chi connectivity index (χ2v) is 5.94. The number of carbonyl (C=O) groups excluding carboxylic acids is 1. The Morgan fingerprint density at radius 3 is 2.43 bits per heavy atom. The Labute approximate surface area is 136 Å². The molecule has 1 heterocycles. The Kier molecular flexibility index (Phi) is 4.48. The Morgan fingerprint density at radius 2 is 1.78 bits per heavy atom. The second kappa shape index (κ2) is 6.71. The van der Waals surface area contributed by atoms with Crippen molar-refractivity contribution in [3.05, 3.63) is 93.7 Å². The average molecular weight is 329 g/mol. The van der Waals surface area contributed by atoms with E-state index in [4.69, 9.17) is 0 Å². The van der Waals surface area contributed by atoms with Gasteiger partial charge in [-0.05, 0) is 29.1 Å². The molecule has 116 valence electrons. The van der Waals surface area contributed by atoms with Crippen molar-refractivity contribution in [2.45, 2.75) is 6.04 Å². The first-order valence-electron chi connectivity index (χ1n) is 6.99. The third-order valence-electron chi connectivity index (χ3n) is 3.41. The Balaban J connectivity index is 1.91. The summed E-state index contributed by atoms with van der Waals surface area (Å²) in [6, 6.07) is 15.8. The smallest absolute Gasteiger partial charge is 0.255 e. The van der Waals surface area contributed by atoms with E-state index in [9.17, 15) is 13.6 Å². The zero-order chi connectivity index (χ0) is 16.2. The Bertz CT molecular complexity index is 803. The average Bonchev–Trinajstić information content (AvgIpc) is 3.07. The van der Waals surface area contributed by atoms with Crippen molar-refractivity contribution in [3.63, 3.8) is 0 Å². The van der Waals surface area contributed by atoms with Crippen LogP contribution in [0.1, 0.15) is 26.8 Å². The molecular weight excluding hydrogens is 316 g/mol. The number of nitrogens with one attached hydrogen (secondary N) is 1. The lowest BCUT2D eigenvalue weighted by Crippen LogP contribution is -2.29. The molecular formula is C18H13F2NOS. The molecule has 3 rings (SSSR count). The quantitative estimate of drug-likeness (QED) is 0.748. The molecule has 5 heteroatoms. The fraction of sp³-hybridized carbons (Fsp3) is 0.0556. The van der Waals surface area contributed by atoms with Crippen molar-refractivity contribution >= 4 is 17.2 Å². The van der Waals surface area contributed by atoms with Gasteiger partial charge in [0.05, 0.1) is 11.6 Å². The SMILES string of the molecule is O=C(N[C@H](c1ccccc1)c1cccs1)c1ccc(F)cc1F. The summed E-state index contributed by atoms with van der Waals surface area (Å²) in [5.41, 5.74) is 0.717. The number of carbonyl (C=O) groups is 1. The van der Waals surface area contributed by atoms with Gasteiger partial charge in [0.25, 0.3) is 5.91 Å². The van der Waals surface area contributed by atoms with Gasteiger partial charge in [0.1, 0.15) is 11.6 Å². The summed E-state index contributed by atoms with van der Waals surface area (Å²) in [4.78, 5) is 13.3. The zero-order valence-electron chi connectivity index (χ0n) is 12.0. The Hall–Kier alpha value is -2.53. The highest BCUT2D eigenvalue weighted by Crippen LogP contribution is 2.26. The number of halogens is 2. The molecule has 23 heavy (non-hydrogen) atoms. The topological polar surface area (TPSA) is 29.1 Å². The largest absolute Gasteiger partial charge is 0.340 e. The standard InChI is InChI=1S/C18H13F2NOS/c19-13-8-9-14(15(20)11-13)18(22)21-17(16-7-4-10-23-16)12-5-2-1-3-6-12/h1-11,17H,(H,21,22)/t17-/m1/s1. The van der Waals surface area contributed by atoms with Crippen molar-refractivity contribution in [3.8, 4) is 0 Å². The van der Waals surface area contributed by atoms with E-state index in [0.29, 0.717) is 6.07 Å². The molecule has 0 saturated carbocycles. The summed E-state index contributed by atoms with van der Waals surface area (Å²) < 4.78 is 26.8. The van der Waals surface area contributed by atoms with E-state index in [1.807, 2.05) is 47.8 Å². The fourth-order valence-electron chi connectivity index (χ4n) is 2.30. The van der Waals surface area contributed by atoms with Crippen LogP contribution in [-0.2, 0) is 0 Å². The van der Waals surface area contributed by atoms with Gasteiger partial charge in [-0.2, -0.15) is 0 Å². The van der Waals surface area contributed by atoms with E-state index in [0.717, 1.165) is 22.6 Å². The monoisotopic (exact) mass is 329 g/mol. The minimum Gasteiger partial charge on any atom is -0.340 e. The zero-order valence-corrected chi connectivity index (χ0v) is 12.8. The van der Waals surface area contributed by atoms with Gasteiger partial charge in [-0.3, -0.25) is 4.79 Å². The molecule has 0 spiro atoms. The van der Waals surface area contributed by atoms with Crippen LogP contribution >= 0.6 is 11.3 Å². The van der Waals surface area contributed by atoms with Crippen molar-refractivity contribution in [2.24, 2.45) is 0 Å². The van der Waals surface area contributed by atoms with E-state index in [-0.39, 0.29) is 11.6 Å². The molecule has 1 aromatic heterocycles. The summed E-state index contributed by atoms with van der Waals surface area (Å²) >= 11 is 1.50. The van der Waals surface area contributed by atoms with Gasteiger partial charge < -0.3 is 5.32 Å². The predicted molar refractivity (Wildman–Crippen MR) is 86.4 cm³/mol. The number of hydrogen-bond acceptors (Lipinski definition) is 2. The first-order chi connectivity index (χ1) is 11.1. The van der Waals surface area contributed by atoms with Crippen LogP contribution in [0.2, 0.25) is 0 Å². The molecule has 2 nitrogen and oxygen atoms in total. The second-order valence-electron chi connectivity index (χ2n) is 4.96. The molecule has 1 N–H and O–H groups in total. The maximum absolute atomic E-state index is 13.8. The van der Waals surface area contributed by atoms with E-state index in [2.05, 4.69) is 5.32 Å². The molecule has 1 amide bonds. The van der Waals surface area contributed by atoms with Crippen LogP contribution in [0, 0.1) is 11.6 Å². The van der Waals surface area contributed by atoms with Gasteiger partial charge in [0.2, 0.25) is 0 Å². The molecule has 0 aliphatic carbocycles. The molecule has 0 saturated heterocycles. The summed E-state index contributed by atoms with van der Waals surface area (Å²) in [7, 11) is 0. The van der Waals surface area contributed by atoms with Crippen LogP contribution in [0.15, 0.2) is 66.0 Å². The Morgan fingerprint density at radius 1 is 1.00 bits per heavy atom. The number of thiophene rings is 1. The van der Waals surface area contributed by atoms with E-state index >= 15 is 0 Å². The molecule has 0 aliphatic heterocycles. The first kappa shape index (κ1) is 15.4. The predicted octanol–water partition coefficient (Wildman–Crippen LogP) is 4.55. The number of hydrogen-bond donors (Lipinski definition) is 1. The van der Waals surface area contributed by atoms with E-state index in [1.165, 1.54) is 11.3 Å². The lowest BCUT2D eigenvalue weighted by Gasteiger charge is -2.18. The van der Waals surface area contributed by atoms with Gasteiger partial charge in [-0.25, -0.2) is 8.78 Å². The third-order valence-corrected chi connectivity index (χ3v) is 4.35. The van der Waals surface area contributed by atoms with Crippen molar-refractivity contribution in [2.75, 3.05) is 0 Å². The summed E-state index contributed by atoms with van der Waals surface area (Å²) in [6.45, 7) is 0. The highest BCUT2D eigenvalue weighted by Gasteiger charge is 2.20. The van der Waals surface area contributed by atoms with Crippen molar-refractivity contribution in [1.29, 1.82) is 0 Å². The van der Waals surface area contributed by atoms with Crippen LogP contribution in [0.5, 0.6) is 0 Å². The molecule has 1 atom stereocenters. The van der Waals surface area contributed by atoms with Gasteiger partial charge >= 0.3 is 0 Å². The summed E-state index contributed by atoms with van der Waals surface area (Å²) in [6.07, 6.45) is 0. The molecule has 0 fully saturated rings. The minimum atomic E-state index is -0.875. The fourth-order valence-corrected chi connectivity index (χ4v) is 3.10.